The van der Waals surface area contributed by atoms with Crippen LogP contribution in [-0.2, 0) is 9.53 Å². The molecule has 74 valence electrons. The fourth-order valence-electron chi connectivity index (χ4n) is 1.61. The molecule has 0 saturated heterocycles. The molecule has 13 heavy (non-hydrogen) atoms. The molecule has 0 aromatic carbocycles. The maximum Gasteiger partial charge on any atom is 0.326 e. The molecule has 0 aromatic rings. The summed E-state index contributed by atoms with van der Waals surface area (Å²) < 4.78 is 4.67. The Morgan fingerprint density at radius 1 is 1.31 bits per heavy atom. The lowest BCUT2D eigenvalue weighted by Crippen LogP contribution is -2.40. The molecule has 0 N–H and O–H groups in total. The van der Waals surface area contributed by atoms with Crippen LogP contribution >= 0.6 is 0 Å². The minimum Gasteiger partial charge on any atom is -0.468 e. The average molecular weight is 183 g/mol. The zero-order chi connectivity index (χ0) is 10.6. The fraction of sp³-hybridized carbons (Fsp3) is 0.800. The lowest BCUT2D eigenvalue weighted by Gasteiger charge is -2.31. The van der Waals surface area contributed by atoms with Gasteiger partial charge in [-0.1, -0.05) is 27.7 Å². The summed E-state index contributed by atoms with van der Waals surface area (Å²) in [4.78, 5) is 11.5. The zero-order valence-electron chi connectivity index (χ0n) is 8.92. The Morgan fingerprint density at radius 3 is 1.77 bits per heavy atom. The fourth-order valence-corrected chi connectivity index (χ4v) is 1.61. The van der Waals surface area contributed by atoms with Gasteiger partial charge in [0.2, 0.25) is 0 Å². The first-order valence-electron chi connectivity index (χ1n) is 4.43. The largest absolute Gasteiger partial charge is 0.468 e. The van der Waals surface area contributed by atoms with Crippen molar-refractivity contribution in [2.24, 2.45) is 17.3 Å². The molecule has 0 aliphatic heterocycles. The van der Waals surface area contributed by atoms with E-state index in [1.807, 2.05) is 27.7 Å². The van der Waals surface area contributed by atoms with E-state index in [4.69, 9.17) is 5.26 Å². The molecule has 0 aliphatic rings. The van der Waals surface area contributed by atoms with E-state index in [2.05, 4.69) is 10.8 Å². The van der Waals surface area contributed by atoms with Gasteiger partial charge in [0, 0.05) is 0 Å². The van der Waals surface area contributed by atoms with E-state index in [0.717, 1.165) is 0 Å². The van der Waals surface area contributed by atoms with Crippen LogP contribution in [0.4, 0.5) is 0 Å². The number of carbonyl (C=O) groups excluding carboxylic acids is 1. The van der Waals surface area contributed by atoms with Crippen LogP contribution in [0, 0.1) is 28.6 Å². The lowest BCUT2D eigenvalue weighted by atomic mass is 9.70. The van der Waals surface area contributed by atoms with E-state index < -0.39 is 11.4 Å². The second-order valence-corrected chi connectivity index (χ2v) is 3.78. The lowest BCUT2D eigenvalue weighted by molar-refractivity contribution is -0.154. The van der Waals surface area contributed by atoms with Crippen molar-refractivity contribution in [3.8, 4) is 6.07 Å². The van der Waals surface area contributed by atoms with Gasteiger partial charge in [-0.2, -0.15) is 5.26 Å². The number of nitrogens with zero attached hydrogens (tertiary/aromatic N) is 1. The molecule has 0 amide bonds. The third-order valence-corrected chi connectivity index (χ3v) is 2.53. The quantitative estimate of drug-likeness (QED) is 0.628. The Kier molecular flexibility index (Phi) is 3.93. The molecule has 0 heterocycles. The van der Waals surface area contributed by atoms with Crippen LogP contribution in [0.5, 0.6) is 0 Å². The van der Waals surface area contributed by atoms with Crippen LogP contribution in [0.25, 0.3) is 0 Å². The summed E-state index contributed by atoms with van der Waals surface area (Å²) in [5, 5.41) is 9.07. The van der Waals surface area contributed by atoms with Crippen molar-refractivity contribution in [2.75, 3.05) is 7.11 Å². The number of nitriles is 1. The topological polar surface area (TPSA) is 50.1 Å². The molecule has 0 bridgehead atoms. The molecule has 0 atom stereocenters. The number of carbonyl (C=O) groups is 1. The van der Waals surface area contributed by atoms with E-state index in [0.29, 0.717) is 0 Å². The molecule has 0 spiro atoms. The van der Waals surface area contributed by atoms with Crippen molar-refractivity contribution in [1.82, 2.24) is 0 Å². The summed E-state index contributed by atoms with van der Waals surface area (Å²) >= 11 is 0. The molecule has 0 unspecified atom stereocenters. The second kappa shape index (κ2) is 4.27. The van der Waals surface area contributed by atoms with Crippen molar-refractivity contribution in [2.45, 2.75) is 27.7 Å². The normalized spacial score (nSPS) is 11.5. The molecule has 0 aliphatic carbocycles. The van der Waals surface area contributed by atoms with Crippen molar-refractivity contribution in [3.05, 3.63) is 0 Å². The van der Waals surface area contributed by atoms with Gasteiger partial charge in [0.1, 0.15) is 0 Å². The molecule has 0 saturated carbocycles. The van der Waals surface area contributed by atoms with E-state index in [9.17, 15) is 4.79 Å². The number of hydrogen-bond donors (Lipinski definition) is 0. The van der Waals surface area contributed by atoms with Gasteiger partial charge >= 0.3 is 5.97 Å². The van der Waals surface area contributed by atoms with Gasteiger partial charge < -0.3 is 4.74 Å². The molecule has 0 rings (SSSR count). The Hall–Kier alpha value is -1.04. The van der Waals surface area contributed by atoms with Crippen LogP contribution in [0.15, 0.2) is 0 Å². The molecule has 0 radical (unpaired) electrons. The smallest absolute Gasteiger partial charge is 0.326 e. The Bertz CT molecular complexity index is 218. The highest BCUT2D eigenvalue weighted by atomic mass is 16.5. The molecular weight excluding hydrogens is 166 g/mol. The first kappa shape index (κ1) is 12.0. The van der Waals surface area contributed by atoms with Gasteiger partial charge in [-0.3, -0.25) is 4.79 Å². The van der Waals surface area contributed by atoms with Gasteiger partial charge in [-0.05, 0) is 11.8 Å². The maximum absolute atomic E-state index is 11.5. The van der Waals surface area contributed by atoms with Crippen molar-refractivity contribution in [1.29, 1.82) is 5.26 Å². The Morgan fingerprint density at radius 2 is 1.69 bits per heavy atom. The average Bonchev–Trinajstić information content (AvgIpc) is 2.04. The van der Waals surface area contributed by atoms with Crippen LogP contribution in [-0.4, -0.2) is 13.1 Å². The van der Waals surface area contributed by atoms with E-state index in [-0.39, 0.29) is 11.8 Å². The van der Waals surface area contributed by atoms with E-state index in [1.54, 1.807) is 0 Å². The van der Waals surface area contributed by atoms with Gasteiger partial charge in [-0.25, -0.2) is 0 Å². The third-order valence-electron chi connectivity index (χ3n) is 2.53. The van der Waals surface area contributed by atoms with Crippen LogP contribution in [0.3, 0.4) is 0 Å². The predicted octanol–water partition coefficient (Wildman–Crippen LogP) is 1.98. The predicted molar refractivity (Wildman–Crippen MR) is 49.7 cm³/mol. The highest BCUT2D eigenvalue weighted by Gasteiger charge is 2.46. The standard InChI is InChI=1S/C10H17NO2/c1-7(2)10(6-11,8(3)4)9(12)13-5/h7-8H,1-5H3. The van der Waals surface area contributed by atoms with Crippen molar-refractivity contribution < 1.29 is 9.53 Å². The van der Waals surface area contributed by atoms with Crippen molar-refractivity contribution in [3.63, 3.8) is 0 Å². The summed E-state index contributed by atoms with van der Waals surface area (Å²) in [7, 11) is 1.32. The Balaban J connectivity index is 5.14. The second-order valence-electron chi connectivity index (χ2n) is 3.78. The monoisotopic (exact) mass is 183 g/mol. The summed E-state index contributed by atoms with van der Waals surface area (Å²) in [6.07, 6.45) is 0. The molecular formula is C10H17NO2. The minimum atomic E-state index is -1.01. The summed E-state index contributed by atoms with van der Waals surface area (Å²) in [5.74, 6) is -0.505. The number of rotatable bonds is 3. The van der Waals surface area contributed by atoms with Gasteiger partial charge in [0.15, 0.2) is 5.41 Å². The molecule has 3 nitrogen and oxygen atoms in total. The van der Waals surface area contributed by atoms with E-state index >= 15 is 0 Å². The number of methoxy groups -OCH3 is 1. The highest BCUT2D eigenvalue weighted by molar-refractivity contribution is 5.80. The summed E-state index contributed by atoms with van der Waals surface area (Å²) in [6, 6.07) is 2.09. The first-order chi connectivity index (χ1) is 5.93. The number of ether oxygens (including phenoxy) is 1. The molecule has 3 heteroatoms. The van der Waals surface area contributed by atoms with Crippen LogP contribution in [0.1, 0.15) is 27.7 Å². The number of hydrogen-bond acceptors (Lipinski definition) is 3. The summed E-state index contributed by atoms with van der Waals surface area (Å²) in [5.41, 5.74) is -1.01. The maximum atomic E-state index is 11.5. The molecule has 0 aromatic heterocycles. The first-order valence-corrected chi connectivity index (χ1v) is 4.43. The van der Waals surface area contributed by atoms with Crippen LogP contribution in [0.2, 0.25) is 0 Å². The summed E-state index contributed by atoms with van der Waals surface area (Å²) in [6.45, 7) is 7.44. The van der Waals surface area contributed by atoms with Gasteiger partial charge in [0.25, 0.3) is 0 Å². The third kappa shape index (κ3) is 1.82. The Labute approximate surface area is 79.7 Å². The van der Waals surface area contributed by atoms with Crippen LogP contribution < -0.4 is 0 Å². The minimum absolute atomic E-state index is 0.0371. The van der Waals surface area contributed by atoms with Gasteiger partial charge in [-0.15, -0.1) is 0 Å². The zero-order valence-corrected chi connectivity index (χ0v) is 8.92. The number of esters is 1. The van der Waals surface area contributed by atoms with E-state index in [1.165, 1.54) is 7.11 Å². The van der Waals surface area contributed by atoms with Crippen molar-refractivity contribution >= 4 is 5.97 Å². The van der Waals surface area contributed by atoms with Gasteiger partial charge in [0.05, 0.1) is 13.2 Å². The SMILES string of the molecule is COC(=O)C(C#N)(C(C)C)C(C)C. The molecule has 0 fully saturated rings. The highest BCUT2D eigenvalue weighted by Crippen LogP contribution is 2.36.